The van der Waals surface area contributed by atoms with Gasteiger partial charge in [0.15, 0.2) is 5.78 Å². The predicted molar refractivity (Wildman–Crippen MR) is 83.2 cm³/mol. The van der Waals surface area contributed by atoms with E-state index in [1.54, 1.807) is 0 Å². The Balaban J connectivity index is 2.06. The van der Waals surface area contributed by atoms with Gasteiger partial charge in [-0.2, -0.15) is 0 Å². The fourth-order valence-corrected chi connectivity index (χ4v) is 2.82. The minimum absolute atomic E-state index is 0.107. The Bertz CT molecular complexity index is 554. The van der Waals surface area contributed by atoms with Gasteiger partial charge in [0.2, 0.25) is 5.91 Å². The molecule has 1 aromatic rings. The molecular weight excluding hydrogens is 264 g/mol. The average Bonchev–Trinajstić information content (AvgIpc) is 2.43. The molecule has 4 nitrogen and oxygen atoms in total. The molecule has 4 heteroatoms. The van der Waals surface area contributed by atoms with Gasteiger partial charge in [0.25, 0.3) is 0 Å². The fourth-order valence-electron chi connectivity index (χ4n) is 2.82. The van der Waals surface area contributed by atoms with Gasteiger partial charge in [0.1, 0.15) is 0 Å². The molecule has 1 fully saturated rings. The highest BCUT2D eigenvalue weighted by atomic mass is 16.1. The fraction of sp³-hybridized carbons (Fsp3) is 0.529. The Morgan fingerprint density at radius 1 is 1.24 bits per heavy atom. The van der Waals surface area contributed by atoms with Crippen molar-refractivity contribution in [3.8, 4) is 0 Å². The van der Waals surface area contributed by atoms with E-state index in [-0.39, 0.29) is 17.6 Å². The maximum Gasteiger partial charge on any atom is 0.221 e. The van der Waals surface area contributed by atoms with Crippen LogP contribution in [0.25, 0.3) is 0 Å². The van der Waals surface area contributed by atoms with Crippen molar-refractivity contribution in [2.24, 2.45) is 11.7 Å². The number of Topliss-reactive ketones (excluding diaryl/α,β-unsaturated/α-hetero) is 1. The molecule has 2 unspecified atom stereocenters. The summed E-state index contributed by atoms with van der Waals surface area (Å²) in [5.74, 6) is -0.283. The number of hydrogen-bond acceptors (Lipinski definition) is 3. The van der Waals surface area contributed by atoms with E-state index in [9.17, 15) is 9.59 Å². The number of carbonyl (C=O) groups excluding carboxylic acids is 2. The number of likely N-dealkylation sites (tertiary alicyclic amines) is 1. The van der Waals surface area contributed by atoms with Gasteiger partial charge in [0, 0.05) is 18.2 Å². The van der Waals surface area contributed by atoms with Crippen LogP contribution < -0.4 is 5.73 Å². The molecule has 0 bridgehead atoms. The predicted octanol–water partition coefficient (Wildman–Crippen LogP) is 2.07. The Kier molecular flexibility index (Phi) is 4.78. The molecule has 1 amide bonds. The molecule has 1 heterocycles. The summed E-state index contributed by atoms with van der Waals surface area (Å²) in [6.45, 7) is 7.10. The van der Waals surface area contributed by atoms with Gasteiger partial charge in [-0.15, -0.1) is 0 Å². The second-order valence-corrected chi connectivity index (χ2v) is 6.18. The number of nitrogens with zero attached hydrogens (tertiary/aromatic N) is 1. The van der Waals surface area contributed by atoms with Crippen LogP contribution in [0, 0.1) is 19.8 Å². The summed E-state index contributed by atoms with van der Waals surface area (Å²) >= 11 is 0. The standard InChI is InChI=1S/C17H24N2O2/c1-11-4-6-14(8-12(11)2)16(20)10-19-9-15(17(18)21)7-5-13(19)3/h4,6,8,13,15H,5,7,9-10H2,1-3H3,(H2,18,21). The van der Waals surface area contributed by atoms with Crippen LogP contribution in [0.2, 0.25) is 0 Å². The molecule has 2 rings (SSSR count). The van der Waals surface area contributed by atoms with Crippen molar-refractivity contribution in [3.05, 3.63) is 34.9 Å². The molecule has 2 atom stereocenters. The molecule has 0 aromatic heterocycles. The topological polar surface area (TPSA) is 63.4 Å². The normalized spacial score (nSPS) is 23.0. The largest absolute Gasteiger partial charge is 0.369 e. The molecule has 1 aromatic carbocycles. The van der Waals surface area contributed by atoms with Crippen LogP contribution in [0.1, 0.15) is 41.3 Å². The summed E-state index contributed by atoms with van der Waals surface area (Å²) in [6.07, 6.45) is 1.73. The van der Waals surface area contributed by atoms with Crippen LogP contribution in [0.15, 0.2) is 18.2 Å². The number of hydrogen-bond donors (Lipinski definition) is 1. The Morgan fingerprint density at radius 3 is 2.57 bits per heavy atom. The second-order valence-electron chi connectivity index (χ2n) is 6.18. The molecule has 114 valence electrons. The average molecular weight is 288 g/mol. The third-order valence-corrected chi connectivity index (χ3v) is 4.59. The van der Waals surface area contributed by atoms with E-state index < -0.39 is 0 Å². The van der Waals surface area contributed by atoms with Crippen LogP contribution >= 0.6 is 0 Å². The maximum atomic E-state index is 12.4. The van der Waals surface area contributed by atoms with Crippen molar-refractivity contribution in [3.63, 3.8) is 0 Å². The minimum Gasteiger partial charge on any atom is -0.369 e. The summed E-state index contributed by atoms with van der Waals surface area (Å²) in [6, 6.07) is 6.12. The minimum atomic E-state index is -0.259. The van der Waals surface area contributed by atoms with Crippen molar-refractivity contribution in [2.75, 3.05) is 13.1 Å². The first-order valence-corrected chi connectivity index (χ1v) is 7.52. The maximum absolute atomic E-state index is 12.4. The van der Waals surface area contributed by atoms with E-state index in [0.717, 1.165) is 24.0 Å². The number of ketones is 1. The number of carbonyl (C=O) groups is 2. The number of rotatable bonds is 4. The summed E-state index contributed by atoms with van der Waals surface area (Å²) in [7, 11) is 0. The van der Waals surface area contributed by atoms with Crippen molar-refractivity contribution in [1.29, 1.82) is 0 Å². The monoisotopic (exact) mass is 288 g/mol. The van der Waals surface area contributed by atoms with E-state index in [4.69, 9.17) is 5.73 Å². The highest BCUT2D eigenvalue weighted by molar-refractivity contribution is 5.97. The first kappa shape index (κ1) is 15.7. The van der Waals surface area contributed by atoms with Crippen LogP contribution in [-0.2, 0) is 4.79 Å². The van der Waals surface area contributed by atoms with Crippen molar-refractivity contribution < 1.29 is 9.59 Å². The number of nitrogens with two attached hydrogens (primary N) is 1. The molecule has 1 aliphatic rings. The molecule has 1 saturated heterocycles. The number of benzene rings is 1. The molecule has 0 saturated carbocycles. The number of aryl methyl sites for hydroxylation is 2. The molecule has 1 aliphatic heterocycles. The van der Waals surface area contributed by atoms with Gasteiger partial charge in [-0.05, 0) is 50.8 Å². The summed E-state index contributed by atoms with van der Waals surface area (Å²) in [4.78, 5) is 25.9. The van der Waals surface area contributed by atoms with E-state index >= 15 is 0 Å². The van der Waals surface area contributed by atoms with Crippen molar-refractivity contribution in [1.82, 2.24) is 4.90 Å². The lowest BCUT2D eigenvalue weighted by atomic mass is 9.92. The van der Waals surface area contributed by atoms with Gasteiger partial charge >= 0.3 is 0 Å². The SMILES string of the molecule is Cc1ccc(C(=O)CN2CC(C(N)=O)CCC2C)cc1C. The molecular formula is C17H24N2O2. The van der Waals surface area contributed by atoms with E-state index in [1.807, 2.05) is 32.0 Å². The van der Waals surface area contributed by atoms with Crippen LogP contribution in [0.3, 0.4) is 0 Å². The van der Waals surface area contributed by atoms with E-state index in [0.29, 0.717) is 19.1 Å². The molecule has 0 radical (unpaired) electrons. The zero-order chi connectivity index (χ0) is 15.6. The van der Waals surface area contributed by atoms with Crippen LogP contribution in [-0.4, -0.2) is 35.7 Å². The first-order chi connectivity index (χ1) is 9.88. The van der Waals surface area contributed by atoms with Gasteiger partial charge in [-0.1, -0.05) is 12.1 Å². The highest BCUT2D eigenvalue weighted by Crippen LogP contribution is 2.22. The van der Waals surface area contributed by atoms with E-state index in [1.165, 1.54) is 5.56 Å². The number of amides is 1. The molecule has 2 N–H and O–H groups in total. The third-order valence-electron chi connectivity index (χ3n) is 4.59. The van der Waals surface area contributed by atoms with Crippen molar-refractivity contribution in [2.45, 2.75) is 39.7 Å². The van der Waals surface area contributed by atoms with Crippen LogP contribution in [0.4, 0.5) is 0 Å². The Labute approximate surface area is 126 Å². The zero-order valence-corrected chi connectivity index (χ0v) is 13.1. The van der Waals surface area contributed by atoms with Gasteiger partial charge in [0.05, 0.1) is 12.5 Å². The smallest absolute Gasteiger partial charge is 0.221 e. The summed E-state index contributed by atoms with van der Waals surface area (Å²) in [5.41, 5.74) is 8.46. The summed E-state index contributed by atoms with van der Waals surface area (Å²) < 4.78 is 0. The lowest BCUT2D eigenvalue weighted by molar-refractivity contribution is -0.123. The van der Waals surface area contributed by atoms with Gasteiger partial charge in [-0.25, -0.2) is 0 Å². The number of primary amides is 1. The molecule has 21 heavy (non-hydrogen) atoms. The lowest BCUT2D eigenvalue weighted by Crippen LogP contribution is -2.47. The Morgan fingerprint density at radius 2 is 1.95 bits per heavy atom. The zero-order valence-electron chi connectivity index (χ0n) is 13.1. The number of piperidine rings is 1. The second kappa shape index (κ2) is 6.39. The third kappa shape index (κ3) is 3.70. The summed E-state index contributed by atoms with van der Waals surface area (Å²) in [5, 5.41) is 0. The van der Waals surface area contributed by atoms with Crippen LogP contribution in [0.5, 0.6) is 0 Å². The Hall–Kier alpha value is -1.68. The van der Waals surface area contributed by atoms with E-state index in [2.05, 4.69) is 11.8 Å². The highest BCUT2D eigenvalue weighted by Gasteiger charge is 2.29. The molecule has 0 aliphatic carbocycles. The quantitative estimate of drug-likeness (QED) is 0.863. The van der Waals surface area contributed by atoms with Gasteiger partial charge < -0.3 is 5.73 Å². The van der Waals surface area contributed by atoms with Gasteiger partial charge in [-0.3, -0.25) is 14.5 Å². The first-order valence-electron chi connectivity index (χ1n) is 7.52. The lowest BCUT2D eigenvalue weighted by Gasteiger charge is -2.36. The molecule has 0 spiro atoms. The van der Waals surface area contributed by atoms with Crippen molar-refractivity contribution >= 4 is 11.7 Å².